The molecule has 8 nitrogen and oxygen atoms in total. The molecule has 0 atom stereocenters. The van der Waals surface area contributed by atoms with Gasteiger partial charge in [0.2, 0.25) is 0 Å². The van der Waals surface area contributed by atoms with E-state index in [0.717, 1.165) is 33.6 Å². The second-order valence-corrected chi connectivity index (χ2v) is 7.50. The van der Waals surface area contributed by atoms with Crippen molar-refractivity contribution in [2.75, 3.05) is 13.7 Å². The normalized spacial score (nSPS) is 11.6. The molecule has 0 saturated carbocycles. The number of benzene rings is 2. The molecule has 8 heteroatoms. The first-order valence-electron chi connectivity index (χ1n) is 10.1. The Morgan fingerprint density at radius 2 is 1.84 bits per heavy atom. The van der Waals surface area contributed by atoms with Gasteiger partial charge in [-0.25, -0.2) is 0 Å². The van der Waals surface area contributed by atoms with Gasteiger partial charge in [-0.15, -0.1) is 0 Å². The highest BCUT2D eigenvalue weighted by molar-refractivity contribution is 5.82. The van der Waals surface area contributed by atoms with Crippen LogP contribution in [-0.2, 0) is 13.0 Å². The van der Waals surface area contributed by atoms with Gasteiger partial charge in [-0.3, -0.25) is 9.67 Å². The molecule has 0 spiro atoms. The summed E-state index contributed by atoms with van der Waals surface area (Å²) in [6.45, 7) is 0.533. The lowest BCUT2D eigenvalue weighted by Crippen LogP contribution is -2.08. The molecule has 0 fully saturated rings. The van der Waals surface area contributed by atoms with Gasteiger partial charge in [0.15, 0.2) is 23.3 Å². The lowest BCUT2D eigenvalue weighted by atomic mass is 10.0. The molecule has 2 heterocycles. The predicted octanol–water partition coefficient (Wildman–Crippen LogP) is 3.82. The summed E-state index contributed by atoms with van der Waals surface area (Å²) in [6, 6.07) is 16.3. The number of H-pyrrole nitrogens is 1. The van der Waals surface area contributed by atoms with Crippen molar-refractivity contribution in [3.63, 3.8) is 0 Å². The summed E-state index contributed by atoms with van der Waals surface area (Å²) in [4.78, 5) is 0. The molecule has 1 aliphatic rings. The topological polar surface area (TPSA) is 116 Å². The standard InChI is InChI=1S/C24H20N4O4/c1-31-19-12-17-16(11-20(19)32-9-8-28-21(29)6-7-22(28)30)10-18-23(26-27-24(17)18)15-4-2-14(13-25)3-5-15/h2-7,11-12,29-30H,8-10H2,1H3,(H,26,27). The summed E-state index contributed by atoms with van der Waals surface area (Å²) in [7, 11) is 1.59. The minimum atomic E-state index is -0.0201. The maximum absolute atomic E-state index is 9.78. The second kappa shape index (κ2) is 7.71. The van der Waals surface area contributed by atoms with Crippen LogP contribution in [0.1, 0.15) is 16.7 Å². The Morgan fingerprint density at radius 1 is 1.09 bits per heavy atom. The summed E-state index contributed by atoms with van der Waals surface area (Å²) in [6.07, 6.45) is 0.691. The molecule has 3 N–H and O–H groups in total. The number of fused-ring (bicyclic) bond motifs is 3. The fraction of sp³-hybridized carbons (Fsp3) is 0.167. The van der Waals surface area contributed by atoms with E-state index in [1.54, 1.807) is 19.2 Å². The molecule has 4 aromatic rings. The number of methoxy groups -OCH3 is 1. The Morgan fingerprint density at radius 3 is 2.53 bits per heavy atom. The van der Waals surface area contributed by atoms with E-state index in [0.29, 0.717) is 23.5 Å². The quantitative estimate of drug-likeness (QED) is 0.379. The molecule has 0 radical (unpaired) electrons. The van der Waals surface area contributed by atoms with Crippen LogP contribution in [0.25, 0.3) is 22.5 Å². The maximum Gasteiger partial charge on any atom is 0.193 e. The fourth-order valence-electron chi connectivity index (χ4n) is 4.07. The number of hydrogen-bond acceptors (Lipinski definition) is 6. The third-order valence-electron chi connectivity index (χ3n) is 5.69. The van der Waals surface area contributed by atoms with E-state index in [2.05, 4.69) is 16.3 Å². The lowest BCUT2D eigenvalue weighted by Gasteiger charge is -2.14. The second-order valence-electron chi connectivity index (χ2n) is 7.50. The van der Waals surface area contributed by atoms with Crippen LogP contribution in [-0.4, -0.2) is 38.7 Å². The van der Waals surface area contributed by atoms with Crippen LogP contribution in [0, 0.1) is 11.3 Å². The number of nitriles is 1. The first-order valence-corrected chi connectivity index (χ1v) is 10.1. The molecule has 0 unspecified atom stereocenters. The number of ether oxygens (including phenoxy) is 2. The van der Waals surface area contributed by atoms with Gasteiger partial charge >= 0.3 is 0 Å². The van der Waals surface area contributed by atoms with Gasteiger partial charge in [0.25, 0.3) is 0 Å². The average molecular weight is 428 g/mol. The van der Waals surface area contributed by atoms with Gasteiger partial charge < -0.3 is 19.7 Å². The van der Waals surface area contributed by atoms with E-state index < -0.39 is 0 Å². The molecular formula is C24H20N4O4. The molecule has 2 aromatic carbocycles. The summed E-state index contributed by atoms with van der Waals surface area (Å²) in [5.74, 6) is 1.14. The highest BCUT2D eigenvalue weighted by Gasteiger charge is 2.27. The van der Waals surface area contributed by atoms with Gasteiger partial charge in [0.1, 0.15) is 6.61 Å². The van der Waals surface area contributed by atoms with Gasteiger partial charge in [-0.1, -0.05) is 12.1 Å². The number of nitrogens with zero attached hydrogens (tertiary/aromatic N) is 3. The first-order chi connectivity index (χ1) is 15.6. The van der Waals surface area contributed by atoms with Crippen molar-refractivity contribution in [1.82, 2.24) is 14.8 Å². The number of aromatic amines is 1. The molecular weight excluding hydrogens is 408 g/mol. The molecule has 0 amide bonds. The molecule has 160 valence electrons. The Balaban J connectivity index is 1.40. The van der Waals surface area contributed by atoms with E-state index in [-0.39, 0.29) is 24.9 Å². The minimum Gasteiger partial charge on any atom is -0.494 e. The van der Waals surface area contributed by atoms with E-state index in [1.165, 1.54) is 16.7 Å². The molecule has 1 aliphatic carbocycles. The molecule has 2 aromatic heterocycles. The average Bonchev–Trinajstić information content (AvgIpc) is 3.47. The van der Waals surface area contributed by atoms with Crippen molar-refractivity contribution in [3.8, 4) is 51.8 Å². The number of nitrogens with one attached hydrogen (secondary N) is 1. The van der Waals surface area contributed by atoms with E-state index in [4.69, 9.17) is 14.7 Å². The van der Waals surface area contributed by atoms with Crippen LogP contribution in [0.15, 0.2) is 48.5 Å². The Bertz CT molecular complexity index is 1330. The molecule has 32 heavy (non-hydrogen) atoms. The van der Waals surface area contributed by atoms with Crippen LogP contribution in [0.3, 0.4) is 0 Å². The monoisotopic (exact) mass is 428 g/mol. The van der Waals surface area contributed by atoms with Crippen molar-refractivity contribution in [2.45, 2.75) is 13.0 Å². The first kappa shape index (κ1) is 19.6. The van der Waals surface area contributed by atoms with E-state index >= 15 is 0 Å². The number of hydrogen-bond donors (Lipinski definition) is 3. The van der Waals surface area contributed by atoms with Gasteiger partial charge in [0.05, 0.1) is 36.7 Å². The zero-order valence-electron chi connectivity index (χ0n) is 17.3. The maximum atomic E-state index is 9.78. The summed E-state index contributed by atoms with van der Waals surface area (Å²) in [5.41, 5.74) is 6.56. The number of rotatable bonds is 6. The predicted molar refractivity (Wildman–Crippen MR) is 117 cm³/mol. The van der Waals surface area contributed by atoms with Crippen LogP contribution in [0.5, 0.6) is 23.3 Å². The molecule has 0 saturated heterocycles. The van der Waals surface area contributed by atoms with Gasteiger partial charge in [-0.05, 0) is 29.8 Å². The van der Waals surface area contributed by atoms with Crippen molar-refractivity contribution in [1.29, 1.82) is 5.26 Å². The van der Waals surface area contributed by atoms with Gasteiger partial charge in [-0.2, -0.15) is 10.4 Å². The Kier molecular flexibility index (Phi) is 4.71. The Hall–Kier alpha value is -4.38. The van der Waals surface area contributed by atoms with Crippen LogP contribution >= 0.6 is 0 Å². The third-order valence-corrected chi connectivity index (χ3v) is 5.69. The largest absolute Gasteiger partial charge is 0.494 e. The van der Waals surface area contributed by atoms with E-state index in [1.807, 2.05) is 24.3 Å². The Labute approximate surface area is 183 Å². The van der Waals surface area contributed by atoms with Crippen LogP contribution < -0.4 is 9.47 Å². The molecule has 0 aliphatic heterocycles. The zero-order valence-corrected chi connectivity index (χ0v) is 17.3. The van der Waals surface area contributed by atoms with Crippen molar-refractivity contribution in [2.24, 2.45) is 0 Å². The minimum absolute atomic E-state index is 0.0201. The van der Waals surface area contributed by atoms with Crippen molar-refractivity contribution in [3.05, 3.63) is 65.2 Å². The lowest BCUT2D eigenvalue weighted by molar-refractivity contribution is 0.263. The summed E-state index contributed by atoms with van der Waals surface area (Å²) in [5, 5.41) is 36.2. The van der Waals surface area contributed by atoms with Gasteiger partial charge in [0, 0.05) is 35.2 Å². The van der Waals surface area contributed by atoms with Crippen molar-refractivity contribution >= 4 is 0 Å². The third kappa shape index (κ3) is 3.20. The number of aromatic hydroxyl groups is 2. The van der Waals surface area contributed by atoms with Crippen molar-refractivity contribution < 1.29 is 19.7 Å². The molecule has 5 rings (SSSR count). The SMILES string of the molecule is COc1cc2c(cc1OCCn1c(O)ccc1O)Cc1c(-c3ccc(C#N)cc3)n[nH]c1-2. The van der Waals surface area contributed by atoms with Crippen LogP contribution in [0.4, 0.5) is 0 Å². The fourth-order valence-corrected chi connectivity index (χ4v) is 4.07. The zero-order chi connectivity index (χ0) is 22.2. The molecule has 0 bridgehead atoms. The summed E-state index contributed by atoms with van der Waals surface area (Å²) >= 11 is 0. The van der Waals surface area contributed by atoms with E-state index in [9.17, 15) is 10.2 Å². The highest BCUT2D eigenvalue weighted by atomic mass is 16.5. The summed E-state index contributed by atoms with van der Waals surface area (Å²) < 4.78 is 12.8. The van der Waals surface area contributed by atoms with Crippen LogP contribution in [0.2, 0.25) is 0 Å². The smallest absolute Gasteiger partial charge is 0.193 e. The highest BCUT2D eigenvalue weighted by Crippen LogP contribution is 2.44. The number of aromatic nitrogens is 3.